The Kier molecular flexibility index (Phi) is 4.08. The number of sulfonamides is 1. The lowest BCUT2D eigenvalue weighted by Gasteiger charge is -2.31. The molecule has 1 aromatic rings. The van der Waals surface area contributed by atoms with Gasteiger partial charge in [-0.3, -0.25) is 0 Å². The highest BCUT2D eigenvalue weighted by atomic mass is 32.2. The van der Waals surface area contributed by atoms with Crippen molar-refractivity contribution in [1.29, 1.82) is 0 Å². The van der Waals surface area contributed by atoms with Crippen LogP contribution < -0.4 is 0 Å². The van der Waals surface area contributed by atoms with Gasteiger partial charge in [0.05, 0.1) is 5.75 Å². The van der Waals surface area contributed by atoms with Crippen molar-refractivity contribution in [2.75, 3.05) is 32.9 Å². The topological polar surface area (TPSA) is 40.6 Å². The zero-order valence-electron chi connectivity index (χ0n) is 12.8. The Bertz CT molecular complexity index is 610. The highest BCUT2D eigenvalue weighted by Crippen LogP contribution is 2.36. The molecule has 116 valence electrons. The zero-order chi connectivity index (χ0) is 15.0. The van der Waals surface area contributed by atoms with Crippen molar-refractivity contribution in [2.45, 2.75) is 31.2 Å². The smallest absolute Gasteiger partial charge is 0.214 e. The molecular formula is C16H24N2O2S. The molecule has 0 amide bonds. The Morgan fingerprint density at radius 2 is 1.86 bits per heavy atom. The number of likely N-dealkylation sites (N-methyl/N-ethyl adjacent to an activating group) is 2. The molecule has 1 fully saturated rings. The molecule has 0 heterocycles. The van der Waals surface area contributed by atoms with Gasteiger partial charge in [0.25, 0.3) is 0 Å². The number of benzene rings is 1. The van der Waals surface area contributed by atoms with Gasteiger partial charge < -0.3 is 4.90 Å². The molecule has 0 aromatic heterocycles. The van der Waals surface area contributed by atoms with E-state index in [0.717, 1.165) is 13.0 Å². The van der Waals surface area contributed by atoms with Crippen LogP contribution in [0.1, 0.15) is 29.9 Å². The molecule has 0 N–H and O–H groups in total. The van der Waals surface area contributed by atoms with Crippen LogP contribution in [0, 0.1) is 0 Å². The molecule has 21 heavy (non-hydrogen) atoms. The van der Waals surface area contributed by atoms with Gasteiger partial charge in [-0.15, -0.1) is 0 Å². The maximum absolute atomic E-state index is 12.4. The van der Waals surface area contributed by atoms with Crippen molar-refractivity contribution in [3.05, 3.63) is 35.4 Å². The molecule has 1 aromatic carbocycles. The van der Waals surface area contributed by atoms with E-state index in [1.54, 1.807) is 7.05 Å². The molecule has 2 aliphatic rings. The first-order valence-corrected chi connectivity index (χ1v) is 9.30. The second kappa shape index (κ2) is 5.71. The summed E-state index contributed by atoms with van der Waals surface area (Å²) in [5.74, 6) is 0.419. The second-order valence-corrected chi connectivity index (χ2v) is 8.53. The van der Waals surface area contributed by atoms with E-state index < -0.39 is 10.0 Å². The molecule has 0 aliphatic heterocycles. The standard InChI is InChI=1S/C16H24N2O2S/c1-17(15-7-8-15)9-10-18(2)21(19,20)12-14-11-13-5-3-4-6-16(13)14/h3-6,14-15H,7-12H2,1-2H3. The van der Waals surface area contributed by atoms with Gasteiger partial charge in [-0.25, -0.2) is 12.7 Å². The normalized spacial score (nSPS) is 21.4. The fourth-order valence-electron chi connectivity index (χ4n) is 3.03. The summed E-state index contributed by atoms with van der Waals surface area (Å²) in [6, 6.07) is 8.83. The lowest BCUT2D eigenvalue weighted by atomic mass is 9.79. The Labute approximate surface area is 127 Å². The van der Waals surface area contributed by atoms with Crippen molar-refractivity contribution < 1.29 is 8.42 Å². The van der Waals surface area contributed by atoms with Crippen LogP contribution in [0.5, 0.6) is 0 Å². The second-order valence-electron chi connectivity index (χ2n) is 6.41. The van der Waals surface area contributed by atoms with Gasteiger partial charge in [0.15, 0.2) is 0 Å². The molecule has 0 bridgehead atoms. The summed E-state index contributed by atoms with van der Waals surface area (Å²) in [5, 5.41) is 0. The molecule has 1 atom stereocenters. The number of hydrogen-bond donors (Lipinski definition) is 0. The highest BCUT2D eigenvalue weighted by molar-refractivity contribution is 7.89. The van der Waals surface area contributed by atoms with E-state index >= 15 is 0 Å². The molecular weight excluding hydrogens is 284 g/mol. The van der Waals surface area contributed by atoms with E-state index in [4.69, 9.17) is 0 Å². The van der Waals surface area contributed by atoms with Crippen molar-refractivity contribution >= 4 is 10.0 Å². The summed E-state index contributed by atoms with van der Waals surface area (Å²) in [4.78, 5) is 2.27. The van der Waals surface area contributed by atoms with E-state index in [2.05, 4.69) is 24.1 Å². The minimum atomic E-state index is -3.16. The molecule has 3 rings (SSSR count). The third-order valence-electron chi connectivity index (χ3n) is 4.79. The lowest BCUT2D eigenvalue weighted by Crippen LogP contribution is -2.39. The van der Waals surface area contributed by atoms with Crippen LogP contribution in [0.15, 0.2) is 24.3 Å². The van der Waals surface area contributed by atoms with Crippen molar-refractivity contribution in [3.8, 4) is 0 Å². The molecule has 0 saturated heterocycles. The summed E-state index contributed by atoms with van der Waals surface area (Å²) in [5.41, 5.74) is 2.51. The Morgan fingerprint density at radius 1 is 1.14 bits per heavy atom. The third-order valence-corrected chi connectivity index (χ3v) is 6.74. The fourth-order valence-corrected chi connectivity index (χ4v) is 4.45. The molecule has 2 aliphatic carbocycles. The number of rotatable bonds is 7. The summed E-state index contributed by atoms with van der Waals surface area (Å²) < 4.78 is 26.4. The fraction of sp³-hybridized carbons (Fsp3) is 0.625. The maximum atomic E-state index is 12.4. The summed E-state index contributed by atoms with van der Waals surface area (Å²) >= 11 is 0. The minimum Gasteiger partial charge on any atom is -0.302 e. The van der Waals surface area contributed by atoms with Gasteiger partial charge in [0, 0.05) is 32.1 Å². The van der Waals surface area contributed by atoms with E-state index in [0.29, 0.717) is 12.6 Å². The van der Waals surface area contributed by atoms with Crippen LogP contribution in [0.25, 0.3) is 0 Å². The zero-order valence-corrected chi connectivity index (χ0v) is 13.6. The van der Waals surface area contributed by atoms with Crippen LogP contribution in [-0.2, 0) is 16.4 Å². The third kappa shape index (κ3) is 3.30. The number of fused-ring (bicyclic) bond motifs is 1. The van der Waals surface area contributed by atoms with Crippen molar-refractivity contribution in [2.24, 2.45) is 0 Å². The first kappa shape index (κ1) is 15.0. The van der Waals surface area contributed by atoms with Crippen LogP contribution in [0.4, 0.5) is 0 Å². The monoisotopic (exact) mass is 308 g/mol. The van der Waals surface area contributed by atoms with Crippen LogP contribution in [0.3, 0.4) is 0 Å². The number of nitrogens with zero attached hydrogens (tertiary/aromatic N) is 2. The Hall–Kier alpha value is -0.910. The highest BCUT2D eigenvalue weighted by Gasteiger charge is 2.32. The SMILES string of the molecule is CN(CCN(C)S(=O)(=O)CC1Cc2ccccc21)C1CC1. The molecule has 0 spiro atoms. The Balaban J connectivity index is 1.54. The van der Waals surface area contributed by atoms with Gasteiger partial charge in [0.1, 0.15) is 0 Å². The molecule has 1 saturated carbocycles. The van der Waals surface area contributed by atoms with Gasteiger partial charge in [-0.2, -0.15) is 0 Å². The summed E-state index contributed by atoms with van der Waals surface area (Å²) in [7, 11) is 0.635. The molecule has 4 nitrogen and oxygen atoms in total. The minimum absolute atomic E-state index is 0.176. The van der Waals surface area contributed by atoms with Gasteiger partial charge in [0.2, 0.25) is 10.0 Å². The molecule has 0 radical (unpaired) electrons. The van der Waals surface area contributed by atoms with Gasteiger partial charge in [-0.05, 0) is 37.4 Å². The van der Waals surface area contributed by atoms with Crippen LogP contribution >= 0.6 is 0 Å². The van der Waals surface area contributed by atoms with Crippen LogP contribution in [-0.4, -0.2) is 56.6 Å². The largest absolute Gasteiger partial charge is 0.302 e. The van der Waals surface area contributed by atoms with Crippen LogP contribution in [0.2, 0.25) is 0 Å². The van der Waals surface area contributed by atoms with Gasteiger partial charge >= 0.3 is 0 Å². The van der Waals surface area contributed by atoms with E-state index in [1.165, 1.54) is 28.3 Å². The molecule has 1 unspecified atom stereocenters. The summed E-state index contributed by atoms with van der Waals surface area (Å²) in [6.45, 7) is 1.41. The Morgan fingerprint density at radius 3 is 2.52 bits per heavy atom. The lowest BCUT2D eigenvalue weighted by molar-refractivity contribution is 0.298. The van der Waals surface area contributed by atoms with E-state index in [1.807, 2.05) is 12.1 Å². The quantitative estimate of drug-likeness (QED) is 0.769. The predicted molar refractivity (Wildman–Crippen MR) is 85.0 cm³/mol. The van der Waals surface area contributed by atoms with Crippen molar-refractivity contribution in [1.82, 2.24) is 9.21 Å². The molecule has 5 heteroatoms. The number of hydrogen-bond acceptors (Lipinski definition) is 3. The first-order chi connectivity index (χ1) is 9.97. The maximum Gasteiger partial charge on any atom is 0.214 e. The van der Waals surface area contributed by atoms with Crippen molar-refractivity contribution in [3.63, 3.8) is 0 Å². The average molecular weight is 308 g/mol. The van der Waals surface area contributed by atoms with Gasteiger partial charge in [-0.1, -0.05) is 24.3 Å². The van der Waals surface area contributed by atoms with E-state index in [9.17, 15) is 8.42 Å². The first-order valence-electron chi connectivity index (χ1n) is 7.69. The van der Waals surface area contributed by atoms with E-state index in [-0.39, 0.29) is 11.7 Å². The summed E-state index contributed by atoms with van der Waals surface area (Å²) in [6.07, 6.45) is 3.41. The predicted octanol–water partition coefficient (Wildman–Crippen LogP) is 1.68. The average Bonchev–Trinajstić information content (AvgIpc) is 3.26.